The zero-order valence-electron chi connectivity index (χ0n) is 29.7. The summed E-state index contributed by atoms with van der Waals surface area (Å²) in [5.41, 5.74) is 0.241. The van der Waals surface area contributed by atoms with Crippen LogP contribution in [-0.2, 0) is 19.2 Å². The van der Waals surface area contributed by atoms with Gasteiger partial charge < -0.3 is 30.0 Å². The number of aromatic nitrogens is 1. The number of likely N-dealkylation sites (N-methyl/N-ethyl adjacent to an activating group) is 1. The lowest BCUT2D eigenvalue weighted by Crippen LogP contribution is -2.60. The van der Waals surface area contributed by atoms with Crippen molar-refractivity contribution in [2.75, 3.05) is 20.2 Å². The molecular weight excluding hydrogens is 642 g/mol. The number of ketones is 2. The summed E-state index contributed by atoms with van der Waals surface area (Å²) < 4.78 is 10.8. The molecule has 50 heavy (non-hydrogen) atoms. The fraction of sp³-hybridized carbons (Fsp3) is 0.486. The molecule has 1 aromatic heterocycles. The first-order valence-electron chi connectivity index (χ1n) is 16.9. The molecule has 13 heteroatoms. The number of oxazole rings is 1. The first kappa shape index (κ1) is 37.7. The Morgan fingerprint density at radius 2 is 1.78 bits per heavy atom. The Bertz CT molecular complexity index is 1710. The third kappa shape index (κ3) is 8.93. The molecule has 4 amide bonds. The molecule has 2 heterocycles. The quantitative estimate of drug-likeness (QED) is 0.159. The predicted molar refractivity (Wildman–Crippen MR) is 185 cm³/mol. The number of methoxy groups -OCH3 is 1. The van der Waals surface area contributed by atoms with Crippen LogP contribution in [0.2, 0.25) is 0 Å². The van der Waals surface area contributed by atoms with Crippen molar-refractivity contribution in [3.8, 4) is 5.75 Å². The molecule has 1 aliphatic heterocycles. The Morgan fingerprint density at radius 3 is 2.38 bits per heavy atom. The summed E-state index contributed by atoms with van der Waals surface area (Å²) in [4.78, 5) is 87.3. The number of carbonyl (C=O) groups excluding carboxylic acids is 6. The normalized spacial score (nSPS) is 16.3. The highest BCUT2D eigenvalue weighted by Gasteiger charge is 2.42. The van der Waals surface area contributed by atoms with Gasteiger partial charge in [-0.15, -0.1) is 0 Å². The predicted octanol–water partition coefficient (Wildman–Crippen LogP) is 3.71. The van der Waals surface area contributed by atoms with Crippen LogP contribution >= 0.6 is 0 Å². The fourth-order valence-corrected chi connectivity index (χ4v) is 6.03. The third-order valence-electron chi connectivity index (χ3n) is 8.75. The first-order valence-corrected chi connectivity index (χ1v) is 16.9. The lowest BCUT2D eigenvalue weighted by Gasteiger charge is -2.38. The molecule has 4 rings (SSSR count). The van der Waals surface area contributed by atoms with E-state index in [4.69, 9.17) is 9.15 Å². The zero-order chi connectivity index (χ0) is 36.7. The minimum absolute atomic E-state index is 0.0665. The largest absolute Gasteiger partial charge is 0.497 e. The van der Waals surface area contributed by atoms with Crippen molar-refractivity contribution < 1.29 is 37.9 Å². The monoisotopic (exact) mass is 689 g/mol. The van der Waals surface area contributed by atoms with Crippen LogP contribution in [0.5, 0.6) is 5.75 Å². The molecular formula is C37H47N5O8. The van der Waals surface area contributed by atoms with Crippen LogP contribution in [0.3, 0.4) is 0 Å². The SMILES string of the molecule is CCN(C(=O)[C@@H](NC(=O)c1cccc(OC)c1)C(C)(C)C)[C@@H](CC(C)C)C(=O)NC(CC1CCNC1=O)C(=O)C(=O)c1nc2ccccc2o1. The molecule has 1 saturated heterocycles. The van der Waals surface area contributed by atoms with Gasteiger partial charge in [-0.25, -0.2) is 4.98 Å². The van der Waals surface area contributed by atoms with E-state index in [1.807, 2.05) is 34.6 Å². The van der Waals surface area contributed by atoms with E-state index in [2.05, 4.69) is 20.9 Å². The minimum atomic E-state index is -1.39. The Labute approximate surface area is 291 Å². The van der Waals surface area contributed by atoms with Gasteiger partial charge in [0.1, 0.15) is 23.3 Å². The summed E-state index contributed by atoms with van der Waals surface area (Å²) in [7, 11) is 1.49. The molecule has 13 nitrogen and oxygen atoms in total. The van der Waals surface area contributed by atoms with Gasteiger partial charge in [-0.3, -0.25) is 28.8 Å². The number of rotatable bonds is 15. The van der Waals surface area contributed by atoms with Crippen LogP contribution in [0.25, 0.3) is 11.1 Å². The van der Waals surface area contributed by atoms with Crippen molar-refractivity contribution in [2.24, 2.45) is 17.3 Å². The van der Waals surface area contributed by atoms with Gasteiger partial charge in [0.15, 0.2) is 5.58 Å². The van der Waals surface area contributed by atoms with Crippen molar-refractivity contribution in [2.45, 2.75) is 78.9 Å². The number of Topliss-reactive ketones (excluding diaryl/α,β-unsaturated/α-hetero) is 2. The number of hydrogen-bond donors (Lipinski definition) is 3. The van der Waals surface area contributed by atoms with Gasteiger partial charge in [0.25, 0.3) is 17.6 Å². The van der Waals surface area contributed by atoms with Gasteiger partial charge in [-0.1, -0.05) is 52.8 Å². The molecule has 1 aliphatic rings. The standard InChI is InChI=1S/C37H47N5O8/c1-8-42(36(48)31(37(4,5)6)41-33(46)22-12-11-13-24(19-22)49-7)27(18-21(2)3)34(47)39-26(20-23-16-17-38-32(23)45)29(43)30(44)35-40-25-14-9-10-15-28(25)50-35/h9-15,19,21,23,26-27,31H,8,16-18,20H2,1-7H3,(H,38,45)(H,39,47)(H,41,46)/t23?,26?,27-,31+/m0/s1. The Hall–Kier alpha value is -5.07. The van der Waals surface area contributed by atoms with Gasteiger partial charge >= 0.3 is 0 Å². The lowest BCUT2D eigenvalue weighted by atomic mass is 9.85. The highest BCUT2D eigenvalue weighted by molar-refractivity contribution is 6.44. The molecule has 2 unspecified atom stereocenters. The van der Waals surface area contributed by atoms with E-state index in [1.165, 1.54) is 12.0 Å². The van der Waals surface area contributed by atoms with Crippen LogP contribution in [0, 0.1) is 17.3 Å². The first-order chi connectivity index (χ1) is 23.6. The fourth-order valence-electron chi connectivity index (χ4n) is 6.03. The molecule has 0 saturated carbocycles. The van der Waals surface area contributed by atoms with E-state index < -0.39 is 64.6 Å². The summed E-state index contributed by atoms with van der Waals surface area (Å²) in [6, 6.07) is 9.72. The summed E-state index contributed by atoms with van der Waals surface area (Å²) in [5, 5.41) is 8.32. The molecule has 2 aromatic carbocycles. The molecule has 0 radical (unpaired) electrons. The molecule has 3 aromatic rings. The maximum absolute atomic E-state index is 14.4. The molecule has 3 N–H and O–H groups in total. The van der Waals surface area contributed by atoms with Crippen LogP contribution in [-0.4, -0.2) is 83.4 Å². The maximum Gasteiger partial charge on any atom is 0.285 e. The van der Waals surface area contributed by atoms with Crippen LogP contribution < -0.4 is 20.7 Å². The summed E-state index contributed by atoms with van der Waals surface area (Å²) in [5.74, 6) is -4.58. The summed E-state index contributed by atoms with van der Waals surface area (Å²) in [6.07, 6.45) is 0.513. The van der Waals surface area contributed by atoms with Gasteiger partial charge in [-0.2, -0.15) is 0 Å². The number of nitrogens with one attached hydrogen (secondary N) is 3. The topological polar surface area (TPSA) is 177 Å². The van der Waals surface area contributed by atoms with Crippen LogP contribution in [0.15, 0.2) is 52.9 Å². The molecule has 1 fully saturated rings. The lowest BCUT2D eigenvalue weighted by molar-refractivity contribution is -0.144. The van der Waals surface area contributed by atoms with Crippen molar-refractivity contribution in [3.05, 3.63) is 60.0 Å². The average molecular weight is 690 g/mol. The van der Waals surface area contributed by atoms with Gasteiger partial charge in [-0.05, 0) is 67.9 Å². The second kappa shape index (κ2) is 16.1. The van der Waals surface area contributed by atoms with E-state index in [9.17, 15) is 28.8 Å². The summed E-state index contributed by atoms with van der Waals surface area (Å²) >= 11 is 0. The van der Waals surface area contributed by atoms with Gasteiger partial charge in [0.05, 0.1) is 13.2 Å². The second-order valence-corrected chi connectivity index (χ2v) is 14.0. The van der Waals surface area contributed by atoms with Crippen LogP contribution in [0.4, 0.5) is 0 Å². The van der Waals surface area contributed by atoms with E-state index in [0.717, 1.165) is 0 Å². The number of benzene rings is 2. The molecule has 0 spiro atoms. The third-order valence-corrected chi connectivity index (χ3v) is 8.75. The zero-order valence-corrected chi connectivity index (χ0v) is 29.7. The number of amides is 4. The van der Waals surface area contributed by atoms with Crippen molar-refractivity contribution in [1.29, 1.82) is 0 Å². The molecule has 268 valence electrons. The maximum atomic E-state index is 14.4. The number of para-hydroxylation sites is 2. The van der Waals surface area contributed by atoms with Gasteiger partial charge in [0.2, 0.25) is 23.5 Å². The molecule has 0 aliphatic carbocycles. The average Bonchev–Trinajstić information content (AvgIpc) is 3.70. The van der Waals surface area contributed by atoms with Gasteiger partial charge in [0, 0.05) is 24.6 Å². The minimum Gasteiger partial charge on any atom is -0.497 e. The number of hydrogen-bond acceptors (Lipinski definition) is 9. The smallest absolute Gasteiger partial charge is 0.285 e. The highest BCUT2D eigenvalue weighted by Crippen LogP contribution is 2.26. The van der Waals surface area contributed by atoms with E-state index in [-0.39, 0.29) is 31.2 Å². The number of ether oxygens (including phenoxy) is 1. The highest BCUT2D eigenvalue weighted by atomic mass is 16.5. The van der Waals surface area contributed by atoms with E-state index >= 15 is 0 Å². The van der Waals surface area contributed by atoms with Crippen molar-refractivity contribution in [3.63, 3.8) is 0 Å². The second-order valence-electron chi connectivity index (χ2n) is 14.0. The van der Waals surface area contributed by atoms with Crippen molar-refractivity contribution in [1.82, 2.24) is 25.8 Å². The van der Waals surface area contributed by atoms with Crippen molar-refractivity contribution >= 4 is 46.3 Å². The molecule has 0 bridgehead atoms. The Morgan fingerprint density at radius 1 is 1.06 bits per heavy atom. The summed E-state index contributed by atoms with van der Waals surface area (Å²) in [6.45, 7) is 11.5. The Kier molecular flexibility index (Phi) is 12.1. The van der Waals surface area contributed by atoms with Crippen LogP contribution in [0.1, 0.15) is 81.8 Å². The molecule has 4 atom stereocenters. The Balaban J connectivity index is 1.63. The van der Waals surface area contributed by atoms with E-state index in [0.29, 0.717) is 35.4 Å². The van der Waals surface area contributed by atoms with E-state index in [1.54, 1.807) is 55.5 Å². The number of carbonyl (C=O) groups is 6. The number of nitrogens with zero attached hydrogens (tertiary/aromatic N) is 2. The number of fused-ring (bicyclic) bond motifs is 1.